The maximum atomic E-state index is 10.9. The first-order chi connectivity index (χ1) is 17.0. The Labute approximate surface area is 208 Å². The van der Waals surface area contributed by atoms with Crippen molar-refractivity contribution in [1.82, 2.24) is 14.7 Å². The maximum absolute atomic E-state index is 10.9. The molecule has 5 heteroatoms. The fraction of sp³-hybridized carbons (Fsp3) is 0.300. The molecular weight excluding hydrogens is 434 g/mol. The molecule has 4 rings (SSSR count). The molecule has 4 aromatic rings. The molecule has 0 amide bonds. The standard InChI is InChI=1S/C30H35N3O2/c1-4-19-32(21-27(34)20-25-11-7-5-8-12-25)22-29-24(3)31-33(26-13-9-6-10-14-26)30(29)35-28-17-15-23(2)16-18-28/h5-18,27,34H,4,19-22H2,1-3H3. The monoisotopic (exact) mass is 469 g/mol. The summed E-state index contributed by atoms with van der Waals surface area (Å²) in [4.78, 5) is 2.30. The average molecular weight is 470 g/mol. The molecule has 1 atom stereocenters. The predicted molar refractivity (Wildman–Crippen MR) is 141 cm³/mol. The predicted octanol–water partition coefficient (Wildman–Crippen LogP) is 6.10. The van der Waals surface area contributed by atoms with Crippen molar-refractivity contribution in [3.8, 4) is 17.3 Å². The highest BCUT2D eigenvalue weighted by molar-refractivity contribution is 5.43. The van der Waals surface area contributed by atoms with Crippen LogP contribution in [0, 0.1) is 13.8 Å². The first-order valence-corrected chi connectivity index (χ1v) is 12.4. The van der Waals surface area contributed by atoms with Crippen molar-refractivity contribution in [1.29, 1.82) is 0 Å². The first-order valence-electron chi connectivity index (χ1n) is 12.4. The summed E-state index contributed by atoms with van der Waals surface area (Å²) in [6.07, 6.45) is 1.18. The van der Waals surface area contributed by atoms with Gasteiger partial charge in [-0.05, 0) is 63.1 Å². The van der Waals surface area contributed by atoms with Gasteiger partial charge < -0.3 is 9.84 Å². The summed E-state index contributed by atoms with van der Waals surface area (Å²) in [5.41, 5.74) is 5.25. The van der Waals surface area contributed by atoms with Crippen molar-refractivity contribution < 1.29 is 9.84 Å². The Kier molecular flexibility index (Phi) is 8.35. The van der Waals surface area contributed by atoms with Crippen molar-refractivity contribution in [2.75, 3.05) is 13.1 Å². The first kappa shape index (κ1) is 24.7. The molecule has 0 aliphatic heterocycles. The molecule has 1 unspecified atom stereocenters. The highest BCUT2D eigenvalue weighted by atomic mass is 16.5. The number of ether oxygens (including phenoxy) is 1. The number of aromatic nitrogens is 2. The number of para-hydroxylation sites is 1. The van der Waals surface area contributed by atoms with Crippen molar-refractivity contribution in [2.24, 2.45) is 0 Å². The van der Waals surface area contributed by atoms with Crippen LogP contribution < -0.4 is 4.74 Å². The summed E-state index contributed by atoms with van der Waals surface area (Å²) in [7, 11) is 0. The van der Waals surface area contributed by atoms with Gasteiger partial charge in [-0.2, -0.15) is 5.10 Å². The number of benzene rings is 3. The summed E-state index contributed by atoms with van der Waals surface area (Å²) >= 11 is 0. The van der Waals surface area contributed by atoms with E-state index in [2.05, 4.69) is 43.0 Å². The molecule has 1 aromatic heterocycles. The SMILES string of the molecule is CCCN(Cc1c(C)nn(-c2ccccc2)c1Oc1ccc(C)cc1)CC(O)Cc1ccccc1. The molecule has 182 valence electrons. The van der Waals surface area contributed by atoms with E-state index in [4.69, 9.17) is 9.84 Å². The minimum absolute atomic E-state index is 0.449. The van der Waals surface area contributed by atoms with Crippen molar-refractivity contribution in [3.05, 3.63) is 107 Å². The van der Waals surface area contributed by atoms with Crippen LogP contribution in [0.4, 0.5) is 0 Å². The van der Waals surface area contributed by atoms with Gasteiger partial charge in [0.2, 0.25) is 5.88 Å². The molecule has 1 N–H and O–H groups in total. The lowest BCUT2D eigenvalue weighted by Crippen LogP contribution is -2.34. The highest BCUT2D eigenvalue weighted by Crippen LogP contribution is 2.32. The Bertz CT molecular complexity index is 1190. The van der Waals surface area contributed by atoms with Gasteiger partial charge in [0.25, 0.3) is 0 Å². The molecule has 1 heterocycles. The maximum Gasteiger partial charge on any atom is 0.227 e. The van der Waals surface area contributed by atoms with Gasteiger partial charge in [0.15, 0.2) is 0 Å². The molecule has 0 fully saturated rings. The fourth-order valence-electron chi connectivity index (χ4n) is 4.31. The molecule has 0 aliphatic rings. The van der Waals surface area contributed by atoms with E-state index in [1.165, 1.54) is 5.56 Å². The Hall–Kier alpha value is -3.41. The zero-order valence-electron chi connectivity index (χ0n) is 20.9. The van der Waals surface area contributed by atoms with Crippen LogP contribution in [0.2, 0.25) is 0 Å². The molecular formula is C30H35N3O2. The third-order valence-corrected chi connectivity index (χ3v) is 6.08. The normalized spacial score (nSPS) is 12.1. The summed E-state index contributed by atoms with van der Waals surface area (Å²) < 4.78 is 8.35. The minimum atomic E-state index is -0.449. The van der Waals surface area contributed by atoms with E-state index in [0.29, 0.717) is 19.5 Å². The molecule has 0 bridgehead atoms. The molecule has 5 nitrogen and oxygen atoms in total. The van der Waals surface area contributed by atoms with Crippen molar-refractivity contribution >= 4 is 0 Å². The third kappa shape index (κ3) is 6.59. The van der Waals surface area contributed by atoms with Crippen LogP contribution in [-0.2, 0) is 13.0 Å². The van der Waals surface area contributed by atoms with Crippen LogP contribution in [0.1, 0.15) is 35.7 Å². The van der Waals surface area contributed by atoms with Crippen LogP contribution in [0.3, 0.4) is 0 Å². The summed E-state index contributed by atoms with van der Waals surface area (Å²) in [6, 6.07) is 28.3. The van der Waals surface area contributed by atoms with Crippen molar-refractivity contribution in [3.63, 3.8) is 0 Å². The number of aliphatic hydroxyl groups excluding tert-OH is 1. The Balaban J connectivity index is 1.62. The second-order valence-corrected chi connectivity index (χ2v) is 9.11. The van der Waals surface area contributed by atoms with Gasteiger partial charge in [0.05, 0.1) is 23.0 Å². The lowest BCUT2D eigenvalue weighted by Gasteiger charge is -2.25. The Morgan fingerprint density at radius 1 is 0.914 bits per heavy atom. The zero-order valence-corrected chi connectivity index (χ0v) is 20.9. The third-order valence-electron chi connectivity index (χ3n) is 6.08. The number of aliphatic hydroxyl groups is 1. The van der Waals surface area contributed by atoms with Gasteiger partial charge in [0.1, 0.15) is 5.75 Å². The van der Waals surface area contributed by atoms with E-state index < -0.39 is 6.10 Å². The molecule has 0 saturated carbocycles. The number of hydrogen-bond acceptors (Lipinski definition) is 4. The second kappa shape index (κ2) is 11.8. The van der Waals surface area contributed by atoms with E-state index >= 15 is 0 Å². The van der Waals surface area contributed by atoms with Crippen LogP contribution in [0.25, 0.3) is 5.69 Å². The van der Waals surface area contributed by atoms with Gasteiger partial charge in [-0.25, -0.2) is 4.68 Å². The molecule has 35 heavy (non-hydrogen) atoms. The molecule has 0 spiro atoms. The molecule has 0 saturated heterocycles. The lowest BCUT2D eigenvalue weighted by molar-refractivity contribution is 0.108. The number of hydrogen-bond donors (Lipinski definition) is 1. The van der Waals surface area contributed by atoms with Crippen LogP contribution in [0.15, 0.2) is 84.9 Å². The molecule has 0 radical (unpaired) electrons. The summed E-state index contributed by atoms with van der Waals surface area (Å²) in [5.74, 6) is 1.50. The van der Waals surface area contributed by atoms with Gasteiger partial charge in [-0.15, -0.1) is 0 Å². The van der Waals surface area contributed by atoms with Gasteiger partial charge in [-0.1, -0.05) is 73.2 Å². The lowest BCUT2D eigenvalue weighted by atomic mass is 10.1. The van der Waals surface area contributed by atoms with Crippen molar-refractivity contribution in [2.45, 2.75) is 46.3 Å². The number of aryl methyl sites for hydroxylation is 2. The largest absolute Gasteiger partial charge is 0.439 e. The van der Waals surface area contributed by atoms with Crippen LogP contribution in [0.5, 0.6) is 11.6 Å². The fourth-order valence-corrected chi connectivity index (χ4v) is 4.31. The Morgan fingerprint density at radius 2 is 1.57 bits per heavy atom. The quantitative estimate of drug-likeness (QED) is 0.288. The number of nitrogens with zero attached hydrogens (tertiary/aromatic N) is 3. The van der Waals surface area contributed by atoms with E-state index in [0.717, 1.165) is 47.1 Å². The average Bonchev–Trinajstić information content (AvgIpc) is 3.16. The van der Waals surface area contributed by atoms with Gasteiger partial charge in [-0.3, -0.25) is 4.90 Å². The van der Waals surface area contributed by atoms with E-state index in [9.17, 15) is 5.11 Å². The summed E-state index contributed by atoms with van der Waals surface area (Å²) in [5, 5.41) is 15.7. The zero-order chi connectivity index (χ0) is 24.6. The highest BCUT2D eigenvalue weighted by Gasteiger charge is 2.22. The van der Waals surface area contributed by atoms with Crippen LogP contribution in [-0.4, -0.2) is 39.0 Å². The summed E-state index contributed by atoms with van der Waals surface area (Å²) in [6.45, 7) is 8.38. The number of rotatable bonds is 11. The van der Waals surface area contributed by atoms with Gasteiger partial charge >= 0.3 is 0 Å². The smallest absolute Gasteiger partial charge is 0.227 e. The van der Waals surface area contributed by atoms with E-state index in [1.54, 1.807) is 0 Å². The second-order valence-electron chi connectivity index (χ2n) is 9.11. The molecule has 0 aliphatic carbocycles. The van der Waals surface area contributed by atoms with Crippen LogP contribution >= 0.6 is 0 Å². The van der Waals surface area contributed by atoms with E-state index in [1.807, 2.05) is 72.3 Å². The minimum Gasteiger partial charge on any atom is -0.439 e. The van der Waals surface area contributed by atoms with E-state index in [-0.39, 0.29) is 0 Å². The van der Waals surface area contributed by atoms with Gasteiger partial charge in [0, 0.05) is 13.1 Å². The molecule has 3 aromatic carbocycles. The topological polar surface area (TPSA) is 50.5 Å². The Morgan fingerprint density at radius 3 is 2.23 bits per heavy atom.